The molecule has 0 spiro atoms. The Labute approximate surface area is 820 Å². The van der Waals surface area contributed by atoms with Crippen LogP contribution in [-0.2, 0) is 90.5 Å². The number of ether oxygens (including phenoxy) is 10. The molecule has 9 amide bonds. The van der Waals surface area contributed by atoms with Crippen LogP contribution in [0.4, 0.5) is 9.59 Å². The number of aliphatic carboxylic acids is 1. The van der Waals surface area contributed by atoms with Crippen molar-refractivity contribution in [2.75, 3.05) is 0 Å². The number of nitrogens with one attached hydrogen (secondary N) is 7. The van der Waals surface area contributed by atoms with E-state index in [2.05, 4.69) is 61.0 Å². The molecule has 7 rings (SSSR count). The summed E-state index contributed by atoms with van der Waals surface area (Å²) in [6, 6.07) is 7.70. The first-order chi connectivity index (χ1) is 64.3. The van der Waals surface area contributed by atoms with Crippen molar-refractivity contribution in [1.29, 1.82) is 5.41 Å². The number of halogens is 1. The maximum Gasteiger partial charge on any atom is 0.413 e. The van der Waals surface area contributed by atoms with Crippen LogP contribution < -0.4 is 43.4 Å². The Hall–Kier alpha value is -11.2. The number of allylic oxidation sites excluding steroid dienone is 1. The van der Waals surface area contributed by atoms with Crippen LogP contribution in [0.15, 0.2) is 108 Å². The van der Waals surface area contributed by atoms with Crippen LogP contribution in [-0.4, -0.2) is 218 Å². The molecule has 38 heteroatoms. The second kappa shape index (κ2) is 55.0. The highest BCUT2D eigenvalue weighted by Gasteiger charge is 2.49. The van der Waals surface area contributed by atoms with E-state index in [4.69, 9.17) is 64.2 Å². The van der Waals surface area contributed by atoms with E-state index in [9.17, 15) is 77.0 Å². The highest BCUT2D eigenvalue weighted by molar-refractivity contribution is 9.09. The molecule has 0 fully saturated rings. The van der Waals surface area contributed by atoms with Gasteiger partial charge in [0.05, 0.1) is 88.9 Å². The van der Waals surface area contributed by atoms with Gasteiger partial charge < -0.3 is 85.2 Å². The number of amidine groups is 1. The number of alkyl halides is 1. The van der Waals surface area contributed by atoms with Gasteiger partial charge in [-0.05, 0) is 194 Å². The number of fused-ring (bicyclic) bond motifs is 2. The summed E-state index contributed by atoms with van der Waals surface area (Å²) in [6.45, 7) is 53.4. The minimum absolute atomic E-state index is 0.0575. The zero-order valence-electron chi connectivity index (χ0n) is 84.9. The SMILES string of the molecule is C=C(C[C@H]1CC(C(=O)OC(OC(=O)C(C(C)C)N2C(=O)c3ccccc3C2=O)C(C)C)=C[C@@H](OC(CC)CC)[C@@H]1NC(C)=O)NC(=O)OC(C)(C)C.C=C(NC(=O)OC(C)(C)C)N[C@H]1CC(C(=O)O)=C[C@@H](OC(CC)CC)[C@@H]1NC(C)=O.CC(Br)OC(=O)[C@@H](C(C)C)N1C(=O)c2ccccc2C1=O.CCC(CC)O[C@@H]1C=C(C(=O)OC(OC(=O)C(N)C(C)C)C(C)C)C[C@H](CC(=N)N)[C@H]1NC(C)=O. The molecule has 12 N–H and O–H groups in total. The number of hydrogen-bond acceptors (Lipinski definition) is 28. The van der Waals surface area contributed by atoms with E-state index in [-0.39, 0.29) is 126 Å². The number of carbonyl (C=O) groups is 15. The van der Waals surface area contributed by atoms with Gasteiger partial charge >= 0.3 is 48.0 Å². The summed E-state index contributed by atoms with van der Waals surface area (Å²) in [7, 11) is 0. The lowest BCUT2D eigenvalue weighted by atomic mass is 9.79. The molecule has 138 heavy (non-hydrogen) atoms. The van der Waals surface area contributed by atoms with Gasteiger partial charge in [0, 0.05) is 67.9 Å². The Kier molecular flexibility index (Phi) is 47.4. The lowest BCUT2D eigenvalue weighted by Gasteiger charge is -2.39. The van der Waals surface area contributed by atoms with Crippen LogP contribution >= 0.6 is 15.9 Å². The molecule has 2 aromatic rings. The molecule has 0 bridgehead atoms. The van der Waals surface area contributed by atoms with E-state index >= 15 is 0 Å². The molecule has 768 valence electrons. The Bertz CT molecular complexity index is 4660. The minimum atomic E-state index is -1.37. The number of carboxylic acids is 1. The van der Waals surface area contributed by atoms with Crippen LogP contribution in [0, 0.1) is 46.8 Å². The van der Waals surface area contributed by atoms with Crippen molar-refractivity contribution in [3.63, 3.8) is 0 Å². The van der Waals surface area contributed by atoms with Crippen molar-refractivity contribution in [2.24, 2.45) is 52.9 Å². The molecule has 0 radical (unpaired) electrons. The smallest absolute Gasteiger partial charge is 0.413 e. The van der Waals surface area contributed by atoms with E-state index in [0.29, 0.717) is 35.2 Å². The van der Waals surface area contributed by atoms with Crippen LogP contribution in [0.2, 0.25) is 0 Å². The van der Waals surface area contributed by atoms with Crippen molar-refractivity contribution >= 4 is 111 Å². The topological polar surface area (TPSA) is 523 Å². The molecule has 5 unspecified atom stereocenters. The van der Waals surface area contributed by atoms with Crippen molar-refractivity contribution in [1.82, 2.24) is 41.7 Å². The van der Waals surface area contributed by atoms with Crippen LogP contribution in [0.25, 0.3) is 0 Å². The Balaban J connectivity index is 0.000000404. The largest absolute Gasteiger partial charge is 0.478 e. The molecule has 5 aliphatic rings. The fourth-order valence-corrected chi connectivity index (χ4v) is 15.9. The average Bonchev–Trinajstić information content (AvgIpc) is 1.61. The van der Waals surface area contributed by atoms with Gasteiger partial charge in [0.15, 0.2) is 5.01 Å². The average molecular weight is 2000 g/mol. The molecule has 2 aromatic carbocycles. The van der Waals surface area contributed by atoms with Crippen molar-refractivity contribution in [2.45, 2.75) is 358 Å². The number of imide groups is 2. The number of carbonyl (C=O) groups excluding carboxylic acids is 14. The normalized spacial score (nSPS) is 20.3. The fraction of sp³-hybridized carbons (Fsp3) is 0.620. The van der Waals surface area contributed by atoms with Crippen LogP contribution in [0.1, 0.15) is 292 Å². The maximum absolute atomic E-state index is 13.9. The van der Waals surface area contributed by atoms with Gasteiger partial charge in [-0.2, -0.15) is 0 Å². The Morgan fingerprint density at radius 2 is 0.790 bits per heavy atom. The Morgan fingerprint density at radius 3 is 1.10 bits per heavy atom. The van der Waals surface area contributed by atoms with E-state index in [1.54, 1.807) is 172 Å². The molecular formula is C100H150BrN11O26. The summed E-state index contributed by atoms with van der Waals surface area (Å²) in [5.74, 6) is -9.99. The van der Waals surface area contributed by atoms with Gasteiger partial charge in [-0.25, -0.2) is 33.6 Å². The summed E-state index contributed by atoms with van der Waals surface area (Å²) in [6.07, 6.45) is 3.76. The standard InChI is InChI=1S/C39H55N3O10.C25H44N4O6.C21H35N3O6.C15H16BrNO4/c1-12-27(13-2)49-30-20-26(19-25(31(30)41-24(8)43)18-23(7)40-38(48)52-39(9,10)11)35(46)50-37(22(5)6)51-36(47)32(21(3)4)42-33(44)28-16-14-15-17-29(28)34(42)45;1-8-18(9-2)33-19-11-17(10-16(12-20(26)27)22(19)29-15(7)30)23(31)34-25(14(5)6)35-24(32)21(28)13(3)4;1-8-15(9-2)29-17-11-14(19(26)27)10-16(18(17)24-13(4)25)22-12(3)23-20(28)30-21(5,6)7;1-8(2)12(15(20)21-9(3)16)17-13(18)10-6-4-5-7-11(10)14(17)19/h14-17,20-22,25,27,30-32,37H,7,12-13,18-19H2,1-6,8-11H3,(H,40,48)(H,41,43);11,13-14,16,18-19,21-22,25H,8-10,12,28H2,1-7H3,(H3,26,27)(H,29,30);11,15-18,22H,3,8-10H2,1-2,4-7H3,(H,23,28)(H,24,25)(H,26,27);4-9,12H,1-3H3/t25-,30+,31+,32?,37?;16-,19-,21?,22-,25?;16-,17+,18+;9?,12-/m0101/s1. The van der Waals surface area contributed by atoms with Gasteiger partial charge in [0.1, 0.15) is 35.1 Å². The van der Waals surface area contributed by atoms with Crippen LogP contribution in [0.3, 0.4) is 0 Å². The third-order valence-electron chi connectivity index (χ3n) is 22.6. The quantitative estimate of drug-likeness (QED) is 0.00562. The number of esters is 5. The highest BCUT2D eigenvalue weighted by atomic mass is 79.9. The maximum atomic E-state index is 13.9. The van der Waals surface area contributed by atoms with Gasteiger partial charge in [-0.15, -0.1) is 0 Å². The Morgan fingerprint density at radius 1 is 0.464 bits per heavy atom. The molecule has 37 nitrogen and oxygen atoms in total. The zero-order chi connectivity index (χ0) is 105. The molecule has 0 saturated heterocycles. The highest BCUT2D eigenvalue weighted by Crippen LogP contribution is 2.38. The summed E-state index contributed by atoms with van der Waals surface area (Å²) in [4.78, 5) is 191. The summed E-state index contributed by atoms with van der Waals surface area (Å²) < 4.78 is 57.1. The van der Waals surface area contributed by atoms with E-state index in [0.717, 1.165) is 35.5 Å². The number of carboxylic acid groups (broad SMARTS) is 1. The van der Waals surface area contributed by atoms with Crippen LogP contribution in [0.5, 0.6) is 0 Å². The molecule has 15 atom stereocenters. The number of nitrogens with zero attached hydrogens (tertiary/aromatic N) is 2. The molecule has 3 aliphatic carbocycles. The third kappa shape index (κ3) is 36.5. The molecule has 2 aliphatic heterocycles. The van der Waals surface area contributed by atoms with E-state index in [1.165, 1.54) is 32.9 Å². The van der Waals surface area contributed by atoms with E-state index < -0.39 is 179 Å². The monoisotopic (exact) mass is 2000 g/mol. The number of nitrogens with two attached hydrogens (primary N) is 2. The van der Waals surface area contributed by atoms with Crippen molar-refractivity contribution < 1.29 is 124 Å². The molecular weight excluding hydrogens is 1850 g/mol. The van der Waals surface area contributed by atoms with Gasteiger partial charge in [-0.1, -0.05) is 148 Å². The predicted octanol–water partition coefficient (Wildman–Crippen LogP) is 13.2. The van der Waals surface area contributed by atoms with Gasteiger partial charge in [-0.3, -0.25) is 64.2 Å². The fourth-order valence-electron chi connectivity index (χ4n) is 15.7. The van der Waals surface area contributed by atoms with E-state index in [1.807, 2.05) is 41.5 Å². The first-order valence-corrected chi connectivity index (χ1v) is 48.1. The number of alkyl carbamates (subject to hydrolysis) is 2. The predicted molar refractivity (Wildman–Crippen MR) is 518 cm³/mol. The second-order valence-electron chi connectivity index (χ2n) is 38.4. The lowest BCUT2D eigenvalue weighted by molar-refractivity contribution is -0.198. The number of amides is 9. The number of rotatable bonds is 41. The molecule has 2 heterocycles. The van der Waals surface area contributed by atoms with Gasteiger partial charge in [0.2, 0.25) is 30.3 Å². The second-order valence-corrected chi connectivity index (χ2v) is 39.7. The summed E-state index contributed by atoms with van der Waals surface area (Å²) >= 11 is 3.13. The van der Waals surface area contributed by atoms with Gasteiger partial charge in [0.25, 0.3) is 23.6 Å². The third-order valence-corrected chi connectivity index (χ3v) is 22.8. The molecule has 0 saturated carbocycles. The number of benzene rings is 2. The first-order valence-electron chi connectivity index (χ1n) is 47.2. The summed E-state index contributed by atoms with van der Waals surface area (Å²) in [5.41, 5.74) is 12.2. The molecule has 0 aromatic heterocycles. The van der Waals surface area contributed by atoms with Crippen molar-refractivity contribution in [3.8, 4) is 0 Å². The lowest BCUT2D eigenvalue weighted by Crippen LogP contribution is -2.59. The first kappa shape index (κ1) is 119. The van der Waals surface area contributed by atoms with Crippen molar-refractivity contribution in [3.05, 3.63) is 130 Å². The minimum Gasteiger partial charge on any atom is -0.478 e. The zero-order valence-corrected chi connectivity index (χ0v) is 86.5. The summed E-state index contributed by atoms with van der Waals surface area (Å²) in [5, 5.41) is 33.7. The number of hydrogen-bond donors (Lipinski definition) is 10.